The Morgan fingerprint density at radius 3 is 2.33 bits per heavy atom. The molecule has 0 aliphatic heterocycles. The van der Waals surface area contributed by atoms with Gasteiger partial charge in [-0.3, -0.25) is 0 Å². The molecule has 0 bridgehead atoms. The summed E-state index contributed by atoms with van der Waals surface area (Å²) in [5.74, 6) is 1.12. The van der Waals surface area contributed by atoms with Gasteiger partial charge in [0.05, 0.1) is 0 Å². The zero-order valence-electron chi connectivity index (χ0n) is 11.3. The molecule has 0 unspecified atom stereocenters. The van der Waals surface area contributed by atoms with E-state index in [0.29, 0.717) is 12.4 Å². The predicted octanol–water partition coefficient (Wildman–Crippen LogP) is 4.01. The molecule has 0 spiro atoms. The van der Waals surface area contributed by atoms with Gasteiger partial charge in [0.1, 0.15) is 5.82 Å². The maximum Gasteiger partial charge on any atom is 0.435 e. The summed E-state index contributed by atoms with van der Waals surface area (Å²) < 4.78 is 36.9. The first-order valence-electron chi connectivity index (χ1n) is 6.29. The van der Waals surface area contributed by atoms with E-state index in [-0.39, 0.29) is 0 Å². The summed E-state index contributed by atoms with van der Waals surface area (Å²) in [4.78, 5) is 1.15. The van der Waals surface area contributed by atoms with Crippen LogP contribution in [0.5, 0.6) is 0 Å². The lowest BCUT2D eigenvalue weighted by Gasteiger charge is -2.07. The van der Waals surface area contributed by atoms with Crippen molar-refractivity contribution in [3.8, 4) is 0 Å². The number of hydrogen-bond acceptors (Lipinski definition) is 4. The van der Waals surface area contributed by atoms with Crippen LogP contribution >= 0.6 is 11.8 Å². The van der Waals surface area contributed by atoms with Crippen LogP contribution in [0.1, 0.15) is 11.3 Å². The first-order chi connectivity index (χ1) is 9.95. The van der Waals surface area contributed by atoms with E-state index in [0.717, 1.165) is 16.7 Å². The van der Waals surface area contributed by atoms with Crippen molar-refractivity contribution >= 4 is 17.6 Å². The van der Waals surface area contributed by atoms with Crippen molar-refractivity contribution in [1.29, 1.82) is 0 Å². The van der Waals surface area contributed by atoms with Gasteiger partial charge in [0.25, 0.3) is 0 Å². The normalized spacial score (nSPS) is 11.4. The van der Waals surface area contributed by atoms with Crippen molar-refractivity contribution in [1.82, 2.24) is 10.2 Å². The van der Waals surface area contributed by atoms with Gasteiger partial charge in [-0.1, -0.05) is 17.7 Å². The van der Waals surface area contributed by atoms with Gasteiger partial charge in [0.15, 0.2) is 5.69 Å². The molecule has 0 aliphatic rings. The number of halogens is 3. The summed E-state index contributed by atoms with van der Waals surface area (Å²) in [5, 5.41) is 9.61. The summed E-state index contributed by atoms with van der Waals surface area (Å²) in [6.07, 6.45) is -4.45. The Kier molecular flexibility index (Phi) is 5.06. The molecule has 2 aromatic rings. The van der Waals surface area contributed by atoms with Crippen molar-refractivity contribution in [3.63, 3.8) is 0 Å². The SMILES string of the molecule is Cc1ccc(SCCNc2ccc(C(F)(F)F)nn2)cc1. The molecular weight excluding hydrogens is 299 g/mol. The van der Waals surface area contributed by atoms with Gasteiger partial charge in [-0.15, -0.1) is 22.0 Å². The molecule has 2 rings (SSSR count). The number of thioether (sulfide) groups is 1. The minimum atomic E-state index is -4.45. The summed E-state index contributed by atoms with van der Waals surface area (Å²) in [6, 6.07) is 10.4. The van der Waals surface area contributed by atoms with E-state index < -0.39 is 11.9 Å². The number of aromatic nitrogens is 2. The van der Waals surface area contributed by atoms with Gasteiger partial charge in [-0.25, -0.2) is 0 Å². The number of aryl methyl sites for hydroxylation is 1. The van der Waals surface area contributed by atoms with Crippen LogP contribution in [-0.2, 0) is 6.18 Å². The Morgan fingerprint density at radius 1 is 1.05 bits per heavy atom. The van der Waals surface area contributed by atoms with Gasteiger partial charge in [0, 0.05) is 17.2 Å². The van der Waals surface area contributed by atoms with Gasteiger partial charge in [-0.05, 0) is 31.2 Å². The van der Waals surface area contributed by atoms with Gasteiger partial charge < -0.3 is 5.32 Å². The molecule has 1 aromatic heterocycles. The zero-order chi connectivity index (χ0) is 15.3. The number of nitrogens with zero attached hydrogens (tertiary/aromatic N) is 2. The summed E-state index contributed by atoms with van der Waals surface area (Å²) in [6.45, 7) is 2.62. The van der Waals surface area contributed by atoms with Crippen LogP contribution in [0.25, 0.3) is 0 Å². The van der Waals surface area contributed by atoms with E-state index in [1.165, 1.54) is 11.6 Å². The molecule has 0 fully saturated rings. The smallest absolute Gasteiger partial charge is 0.368 e. The largest absolute Gasteiger partial charge is 0.435 e. The summed E-state index contributed by atoms with van der Waals surface area (Å²) >= 11 is 1.67. The predicted molar refractivity (Wildman–Crippen MR) is 77.4 cm³/mol. The highest BCUT2D eigenvalue weighted by Gasteiger charge is 2.32. The second kappa shape index (κ2) is 6.80. The molecule has 21 heavy (non-hydrogen) atoms. The number of benzene rings is 1. The maximum absolute atomic E-state index is 12.3. The van der Waals surface area contributed by atoms with Crippen molar-refractivity contribution < 1.29 is 13.2 Å². The van der Waals surface area contributed by atoms with E-state index in [9.17, 15) is 13.2 Å². The van der Waals surface area contributed by atoms with Gasteiger partial charge in [0.2, 0.25) is 0 Å². The minimum absolute atomic E-state index is 0.340. The van der Waals surface area contributed by atoms with Crippen LogP contribution in [0.15, 0.2) is 41.3 Å². The van der Waals surface area contributed by atoms with Crippen LogP contribution < -0.4 is 5.32 Å². The summed E-state index contributed by atoms with van der Waals surface area (Å²) in [7, 11) is 0. The Bertz CT molecular complexity index is 568. The fourth-order valence-electron chi connectivity index (χ4n) is 1.56. The Balaban J connectivity index is 1.77. The lowest BCUT2D eigenvalue weighted by molar-refractivity contribution is -0.141. The minimum Gasteiger partial charge on any atom is -0.368 e. The van der Waals surface area contributed by atoms with Gasteiger partial charge in [-0.2, -0.15) is 13.2 Å². The molecule has 1 aromatic carbocycles. The second-order valence-corrected chi connectivity index (χ2v) is 5.56. The quantitative estimate of drug-likeness (QED) is 0.668. The van der Waals surface area contributed by atoms with E-state index in [4.69, 9.17) is 0 Å². The molecule has 0 aliphatic carbocycles. The third-order valence-electron chi connectivity index (χ3n) is 2.65. The van der Waals surface area contributed by atoms with Crippen LogP contribution in [0.4, 0.5) is 19.0 Å². The third-order valence-corrected chi connectivity index (χ3v) is 3.67. The monoisotopic (exact) mass is 313 g/mol. The standard InChI is InChI=1S/C14H14F3N3S/c1-10-2-4-11(5-3-10)21-9-8-18-13-7-6-12(19-20-13)14(15,16)17/h2-7H,8-9H2,1H3,(H,18,20). The van der Waals surface area contributed by atoms with Crippen LogP contribution in [0, 0.1) is 6.92 Å². The van der Waals surface area contributed by atoms with E-state index >= 15 is 0 Å². The van der Waals surface area contributed by atoms with E-state index in [1.807, 2.05) is 31.2 Å². The second-order valence-electron chi connectivity index (χ2n) is 4.39. The molecule has 0 radical (unpaired) electrons. The zero-order valence-corrected chi connectivity index (χ0v) is 12.1. The van der Waals surface area contributed by atoms with Crippen molar-refractivity contribution in [2.45, 2.75) is 18.0 Å². The number of alkyl halides is 3. The molecule has 7 heteroatoms. The number of nitrogens with one attached hydrogen (secondary N) is 1. The number of anilines is 1. The Morgan fingerprint density at radius 2 is 1.76 bits per heavy atom. The van der Waals surface area contributed by atoms with Gasteiger partial charge >= 0.3 is 6.18 Å². The average Bonchev–Trinajstić information content (AvgIpc) is 2.45. The summed E-state index contributed by atoms with van der Waals surface area (Å²) in [5.41, 5.74) is 0.222. The molecule has 0 saturated heterocycles. The van der Waals surface area contributed by atoms with Crippen LogP contribution in [0.2, 0.25) is 0 Å². The van der Waals surface area contributed by atoms with Crippen LogP contribution in [0.3, 0.4) is 0 Å². The molecule has 1 heterocycles. The topological polar surface area (TPSA) is 37.8 Å². The van der Waals surface area contributed by atoms with E-state index in [2.05, 4.69) is 15.5 Å². The molecule has 1 N–H and O–H groups in total. The fraction of sp³-hybridized carbons (Fsp3) is 0.286. The molecular formula is C14H14F3N3S. The van der Waals surface area contributed by atoms with Crippen molar-refractivity contribution in [2.24, 2.45) is 0 Å². The van der Waals surface area contributed by atoms with Crippen molar-refractivity contribution in [3.05, 3.63) is 47.7 Å². The number of hydrogen-bond donors (Lipinski definition) is 1. The lowest BCUT2D eigenvalue weighted by atomic mass is 10.2. The van der Waals surface area contributed by atoms with Crippen molar-refractivity contribution in [2.75, 3.05) is 17.6 Å². The number of rotatable bonds is 5. The maximum atomic E-state index is 12.3. The molecule has 3 nitrogen and oxygen atoms in total. The fourth-order valence-corrected chi connectivity index (χ4v) is 2.33. The third kappa shape index (κ3) is 4.93. The first-order valence-corrected chi connectivity index (χ1v) is 7.28. The molecule has 0 saturated carbocycles. The Labute approximate surface area is 125 Å². The molecule has 0 amide bonds. The molecule has 0 atom stereocenters. The van der Waals surface area contributed by atoms with Crippen LogP contribution in [-0.4, -0.2) is 22.5 Å². The molecule has 112 valence electrons. The first kappa shape index (κ1) is 15.6. The highest BCUT2D eigenvalue weighted by atomic mass is 32.2. The van der Waals surface area contributed by atoms with E-state index in [1.54, 1.807) is 11.8 Å². The Hall–Kier alpha value is -1.76. The lowest BCUT2D eigenvalue weighted by Crippen LogP contribution is -2.11. The highest BCUT2D eigenvalue weighted by Crippen LogP contribution is 2.27. The highest BCUT2D eigenvalue weighted by molar-refractivity contribution is 7.99. The average molecular weight is 313 g/mol.